The van der Waals surface area contributed by atoms with Crippen molar-refractivity contribution in [1.29, 1.82) is 0 Å². The van der Waals surface area contributed by atoms with Crippen molar-refractivity contribution in [2.24, 2.45) is 0 Å². The second-order valence-corrected chi connectivity index (χ2v) is 7.38. The van der Waals surface area contributed by atoms with Crippen LogP contribution in [0.15, 0.2) is 23.3 Å². The second kappa shape index (κ2) is 8.20. The van der Waals surface area contributed by atoms with Crippen molar-refractivity contribution in [3.05, 3.63) is 23.3 Å². The van der Waals surface area contributed by atoms with Crippen molar-refractivity contribution in [3.63, 3.8) is 0 Å². The van der Waals surface area contributed by atoms with Gasteiger partial charge in [0.1, 0.15) is 0 Å². The van der Waals surface area contributed by atoms with Crippen molar-refractivity contribution in [2.75, 3.05) is 20.3 Å². The molecule has 0 bridgehead atoms. The van der Waals surface area contributed by atoms with E-state index in [9.17, 15) is 9.36 Å². The minimum absolute atomic E-state index is 0.123. The van der Waals surface area contributed by atoms with Crippen molar-refractivity contribution in [1.82, 2.24) is 9.80 Å². The van der Waals surface area contributed by atoms with Gasteiger partial charge >= 0.3 is 7.60 Å². The highest BCUT2D eigenvalue weighted by Crippen LogP contribution is 2.57. The number of carbonyl (C=O) groups excluding carboxylic acids is 1. The number of likely N-dealkylation sites (N-methyl/N-ethyl adjacent to an activating group) is 1. The Bertz CT molecular complexity index is 511. The summed E-state index contributed by atoms with van der Waals surface area (Å²) in [6, 6.07) is 0. The van der Waals surface area contributed by atoms with Crippen LogP contribution in [0.4, 0.5) is 0 Å². The van der Waals surface area contributed by atoms with Crippen LogP contribution in [0.1, 0.15) is 34.1 Å². The first kappa shape index (κ1) is 19.3. The zero-order chi connectivity index (χ0) is 16.9. The third-order valence-corrected chi connectivity index (χ3v) is 6.26. The van der Waals surface area contributed by atoms with Gasteiger partial charge in [0.15, 0.2) is 5.50 Å². The Labute approximate surface area is 138 Å². The van der Waals surface area contributed by atoms with Gasteiger partial charge < -0.3 is 18.8 Å². The molecule has 0 spiro atoms. The topological polar surface area (TPSA) is 59.1 Å². The van der Waals surface area contributed by atoms with Gasteiger partial charge in [-0.1, -0.05) is 6.92 Å². The zero-order valence-corrected chi connectivity index (χ0v) is 15.6. The smallest absolute Gasteiger partial charge is 0.321 e. The van der Waals surface area contributed by atoms with Gasteiger partial charge in [-0.15, -0.1) is 12.6 Å². The predicted molar refractivity (Wildman–Crippen MR) is 90.4 cm³/mol. The van der Waals surface area contributed by atoms with Crippen LogP contribution in [0.5, 0.6) is 0 Å². The fraction of sp³-hybridized carbons (Fsp3) is 0.643. The van der Waals surface area contributed by atoms with Gasteiger partial charge in [0, 0.05) is 25.0 Å². The van der Waals surface area contributed by atoms with Gasteiger partial charge in [0.2, 0.25) is 5.91 Å². The summed E-state index contributed by atoms with van der Waals surface area (Å²) in [5.41, 5.74) is 0.319. The number of carbonyl (C=O) groups is 1. The quantitative estimate of drug-likeness (QED) is 0.564. The zero-order valence-electron chi connectivity index (χ0n) is 13.8. The molecule has 0 aromatic rings. The predicted octanol–water partition coefficient (Wildman–Crippen LogP) is 3.40. The number of amides is 1. The molecule has 126 valence electrons. The molecule has 0 aromatic heterocycles. The number of allylic oxidation sites excluding steroid dienone is 2. The van der Waals surface area contributed by atoms with Crippen LogP contribution in [-0.2, 0) is 18.4 Å². The molecule has 0 saturated heterocycles. The van der Waals surface area contributed by atoms with E-state index in [0.29, 0.717) is 24.9 Å². The van der Waals surface area contributed by atoms with E-state index in [-0.39, 0.29) is 5.91 Å². The molecule has 0 saturated carbocycles. The van der Waals surface area contributed by atoms with Crippen molar-refractivity contribution < 1.29 is 18.4 Å². The van der Waals surface area contributed by atoms with Gasteiger partial charge in [-0.25, -0.2) is 0 Å². The van der Waals surface area contributed by atoms with Crippen LogP contribution in [0.3, 0.4) is 0 Å². The summed E-state index contributed by atoms with van der Waals surface area (Å²) in [5, 5.41) is 0.546. The normalized spacial score (nSPS) is 20.5. The van der Waals surface area contributed by atoms with Gasteiger partial charge in [-0.2, -0.15) is 0 Å². The number of nitrogens with zero attached hydrogens (tertiary/aromatic N) is 2. The van der Waals surface area contributed by atoms with Gasteiger partial charge in [0.05, 0.1) is 18.5 Å². The van der Waals surface area contributed by atoms with E-state index in [4.69, 9.17) is 9.05 Å². The molecule has 6 nitrogen and oxygen atoms in total. The first-order chi connectivity index (χ1) is 10.3. The average molecular weight is 348 g/mol. The fourth-order valence-electron chi connectivity index (χ4n) is 2.22. The van der Waals surface area contributed by atoms with Gasteiger partial charge in [0.25, 0.3) is 0 Å². The van der Waals surface area contributed by atoms with E-state index in [1.165, 1.54) is 11.0 Å². The van der Waals surface area contributed by atoms with Crippen LogP contribution in [0, 0.1) is 0 Å². The Balaban J connectivity index is 3.29. The molecule has 0 aliphatic carbocycles. The first-order valence-corrected chi connectivity index (χ1v) is 9.39. The van der Waals surface area contributed by atoms with Crippen molar-refractivity contribution >= 4 is 26.1 Å². The van der Waals surface area contributed by atoms with E-state index in [2.05, 4.69) is 12.6 Å². The second-order valence-electron chi connectivity index (χ2n) is 4.74. The monoisotopic (exact) mass is 348 g/mol. The fourth-order valence-corrected chi connectivity index (χ4v) is 4.28. The number of rotatable bonds is 7. The maximum absolute atomic E-state index is 13.0. The van der Waals surface area contributed by atoms with Crippen LogP contribution >= 0.6 is 20.2 Å². The summed E-state index contributed by atoms with van der Waals surface area (Å²) in [6.45, 7) is 7.84. The Hall–Kier alpha value is -0.750. The number of thiol groups is 1. The highest BCUT2D eigenvalue weighted by molar-refractivity contribution is 7.80. The summed E-state index contributed by atoms with van der Waals surface area (Å²) in [7, 11) is -1.67. The largest absolute Gasteiger partial charge is 0.358 e. The molecule has 0 aromatic carbocycles. The Kier molecular flexibility index (Phi) is 7.19. The first-order valence-electron chi connectivity index (χ1n) is 7.33. The molecule has 1 rings (SSSR count). The average Bonchev–Trinajstić information content (AvgIpc) is 2.48. The summed E-state index contributed by atoms with van der Waals surface area (Å²) in [5.74, 6) is -0.123. The SMILES string of the molecule is CCOP(=O)(OCC)/C(C)=C(/CC)N1C=CC(=O)N(C)C1S. The lowest BCUT2D eigenvalue weighted by Gasteiger charge is -2.38. The van der Waals surface area contributed by atoms with Crippen LogP contribution in [0.25, 0.3) is 0 Å². The third kappa shape index (κ3) is 3.96. The molecule has 1 atom stereocenters. The van der Waals surface area contributed by atoms with Crippen LogP contribution < -0.4 is 0 Å². The molecule has 0 radical (unpaired) electrons. The maximum Gasteiger partial charge on any atom is 0.358 e. The van der Waals surface area contributed by atoms with E-state index in [1.807, 2.05) is 11.8 Å². The minimum Gasteiger partial charge on any atom is -0.321 e. The number of hydrogen-bond acceptors (Lipinski definition) is 6. The summed E-state index contributed by atoms with van der Waals surface area (Å²) < 4.78 is 23.8. The lowest BCUT2D eigenvalue weighted by molar-refractivity contribution is -0.127. The number of hydrogen-bond donors (Lipinski definition) is 1. The molecule has 1 heterocycles. The Morgan fingerprint density at radius 3 is 2.32 bits per heavy atom. The molecule has 1 unspecified atom stereocenters. The summed E-state index contributed by atoms with van der Waals surface area (Å²) in [4.78, 5) is 15.0. The lowest BCUT2D eigenvalue weighted by atomic mass is 10.2. The molecule has 22 heavy (non-hydrogen) atoms. The highest BCUT2D eigenvalue weighted by Gasteiger charge is 2.33. The lowest BCUT2D eigenvalue weighted by Crippen LogP contribution is -2.45. The molecule has 0 N–H and O–H groups in total. The summed E-state index contributed by atoms with van der Waals surface area (Å²) >= 11 is 4.47. The van der Waals surface area contributed by atoms with E-state index < -0.39 is 13.1 Å². The molecule has 8 heteroatoms. The van der Waals surface area contributed by atoms with Crippen molar-refractivity contribution in [2.45, 2.75) is 39.6 Å². The Morgan fingerprint density at radius 2 is 1.86 bits per heavy atom. The van der Waals surface area contributed by atoms with Crippen LogP contribution in [0.2, 0.25) is 0 Å². The minimum atomic E-state index is -3.34. The molecular formula is C14H25N2O4PS. The van der Waals surface area contributed by atoms with E-state index in [0.717, 1.165) is 5.70 Å². The molecule has 1 amide bonds. The molecule has 0 fully saturated rings. The summed E-state index contributed by atoms with van der Waals surface area (Å²) in [6.07, 6.45) is 3.73. The molecular weight excluding hydrogens is 323 g/mol. The van der Waals surface area contributed by atoms with Gasteiger partial charge in [-0.3, -0.25) is 9.36 Å². The Morgan fingerprint density at radius 1 is 1.32 bits per heavy atom. The molecule has 1 aliphatic rings. The maximum atomic E-state index is 13.0. The third-order valence-electron chi connectivity index (χ3n) is 3.39. The van der Waals surface area contributed by atoms with Crippen molar-refractivity contribution in [3.8, 4) is 0 Å². The van der Waals surface area contributed by atoms with E-state index >= 15 is 0 Å². The molecule has 1 aliphatic heterocycles. The van der Waals surface area contributed by atoms with E-state index in [1.54, 1.807) is 34.0 Å². The van der Waals surface area contributed by atoms with Gasteiger partial charge in [-0.05, 0) is 27.2 Å². The highest BCUT2D eigenvalue weighted by atomic mass is 32.1. The standard InChI is InChI=1S/C14H25N2O4PS/c1-6-12(11(4)21(18,19-7-2)20-8-3)16-10-9-13(17)15(5)14(16)22/h9-10,14,22H,6-8H2,1-5H3/b12-11-. The van der Waals surface area contributed by atoms with Crippen LogP contribution in [-0.4, -0.2) is 41.5 Å².